The number of rotatable bonds is 3. The molecule has 2 rings (SSSR count). The zero-order valence-corrected chi connectivity index (χ0v) is 10.6. The number of nitrogens with one attached hydrogen (secondary N) is 1. The average Bonchev–Trinajstić information content (AvgIpc) is 2.33. The van der Waals surface area contributed by atoms with Gasteiger partial charge in [-0.25, -0.2) is 8.78 Å². The van der Waals surface area contributed by atoms with Gasteiger partial charge in [0.15, 0.2) is 0 Å². The van der Waals surface area contributed by atoms with Crippen molar-refractivity contribution in [2.75, 3.05) is 5.32 Å². The quantitative estimate of drug-likeness (QED) is 0.861. The molecule has 0 aromatic heterocycles. The largest absolute Gasteiger partial charge is 0.381 e. The Morgan fingerprint density at radius 1 is 1.06 bits per heavy atom. The van der Waals surface area contributed by atoms with Gasteiger partial charge in [0.25, 0.3) is 0 Å². The van der Waals surface area contributed by atoms with Gasteiger partial charge in [-0.2, -0.15) is 0 Å². The lowest BCUT2D eigenvalue weighted by atomic mass is 10.1. The van der Waals surface area contributed by atoms with E-state index in [2.05, 4.69) is 5.32 Å². The monoisotopic (exact) mass is 267 g/mol. The summed E-state index contributed by atoms with van der Waals surface area (Å²) in [5.74, 6) is -0.663. The number of hydrogen-bond donors (Lipinski definition) is 1. The Labute approximate surface area is 109 Å². The van der Waals surface area contributed by atoms with Crippen molar-refractivity contribution >= 4 is 17.3 Å². The molecule has 4 heteroatoms. The van der Waals surface area contributed by atoms with Crippen LogP contribution in [-0.2, 0) is 6.54 Å². The van der Waals surface area contributed by atoms with Crippen LogP contribution in [0.5, 0.6) is 0 Å². The third-order valence-electron chi connectivity index (χ3n) is 2.78. The highest BCUT2D eigenvalue weighted by Crippen LogP contribution is 2.22. The van der Waals surface area contributed by atoms with Crippen molar-refractivity contribution < 1.29 is 8.78 Å². The highest BCUT2D eigenvalue weighted by molar-refractivity contribution is 6.31. The minimum absolute atomic E-state index is 0.218. The highest BCUT2D eigenvalue weighted by atomic mass is 35.5. The van der Waals surface area contributed by atoms with E-state index >= 15 is 0 Å². The molecule has 0 saturated heterocycles. The smallest absolute Gasteiger partial charge is 0.129 e. The first-order valence-electron chi connectivity index (χ1n) is 5.51. The summed E-state index contributed by atoms with van der Waals surface area (Å²) < 4.78 is 26.9. The number of anilines is 1. The first kappa shape index (κ1) is 12.8. The van der Waals surface area contributed by atoms with Gasteiger partial charge in [-0.1, -0.05) is 23.7 Å². The van der Waals surface area contributed by atoms with Crippen molar-refractivity contribution in [2.45, 2.75) is 13.5 Å². The maximum atomic E-state index is 13.5. The summed E-state index contributed by atoms with van der Waals surface area (Å²) in [6.07, 6.45) is 0. The molecule has 0 aliphatic carbocycles. The zero-order chi connectivity index (χ0) is 13.1. The highest BCUT2D eigenvalue weighted by Gasteiger charge is 2.08. The van der Waals surface area contributed by atoms with E-state index in [9.17, 15) is 8.78 Å². The van der Waals surface area contributed by atoms with Crippen LogP contribution < -0.4 is 5.32 Å². The van der Waals surface area contributed by atoms with Crippen LogP contribution in [0.3, 0.4) is 0 Å². The molecule has 2 aromatic rings. The minimum Gasteiger partial charge on any atom is -0.381 e. The van der Waals surface area contributed by atoms with E-state index in [-0.39, 0.29) is 18.2 Å². The van der Waals surface area contributed by atoms with Crippen LogP contribution >= 0.6 is 11.6 Å². The number of hydrogen-bond acceptors (Lipinski definition) is 1. The fraction of sp³-hybridized carbons (Fsp3) is 0.143. The molecule has 1 nitrogen and oxygen atoms in total. The predicted octanol–water partition coefficient (Wildman–Crippen LogP) is 4.54. The topological polar surface area (TPSA) is 12.0 Å². The molecular formula is C14H12ClF2N. The van der Waals surface area contributed by atoms with E-state index in [1.54, 1.807) is 31.2 Å². The molecule has 0 fully saturated rings. The third kappa shape index (κ3) is 2.62. The zero-order valence-electron chi connectivity index (χ0n) is 9.81. The van der Waals surface area contributed by atoms with Crippen molar-refractivity contribution in [1.82, 2.24) is 0 Å². The Kier molecular flexibility index (Phi) is 3.82. The molecule has 0 amide bonds. The van der Waals surface area contributed by atoms with Gasteiger partial charge in [0.05, 0.1) is 0 Å². The van der Waals surface area contributed by atoms with Crippen LogP contribution in [0, 0.1) is 18.6 Å². The summed E-state index contributed by atoms with van der Waals surface area (Å²) in [6.45, 7) is 1.89. The van der Waals surface area contributed by atoms with Gasteiger partial charge < -0.3 is 5.32 Å². The second-order valence-corrected chi connectivity index (χ2v) is 4.37. The molecule has 0 unspecified atom stereocenters. The molecule has 0 saturated carbocycles. The standard InChI is InChI=1S/C14H12ClF2N/c1-9-12(16)5-3-7-14(9)18-8-10-11(15)4-2-6-13(10)17/h2-7,18H,8H2,1H3. The molecule has 2 aromatic carbocycles. The van der Waals surface area contributed by atoms with Crippen molar-refractivity contribution in [3.8, 4) is 0 Å². The minimum atomic E-state index is -0.371. The predicted molar refractivity (Wildman–Crippen MR) is 69.9 cm³/mol. The summed E-state index contributed by atoms with van der Waals surface area (Å²) in [4.78, 5) is 0. The Morgan fingerprint density at radius 2 is 1.72 bits per heavy atom. The van der Waals surface area contributed by atoms with Crippen LogP contribution in [-0.4, -0.2) is 0 Å². The van der Waals surface area contributed by atoms with Crippen molar-refractivity contribution in [1.29, 1.82) is 0 Å². The van der Waals surface area contributed by atoms with Crippen LogP contribution in [0.15, 0.2) is 36.4 Å². The normalized spacial score (nSPS) is 10.4. The van der Waals surface area contributed by atoms with Crippen molar-refractivity contribution in [3.63, 3.8) is 0 Å². The van der Waals surface area contributed by atoms with Crippen molar-refractivity contribution in [3.05, 3.63) is 64.2 Å². The molecule has 0 spiro atoms. The van der Waals surface area contributed by atoms with E-state index in [4.69, 9.17) is 11.6 Å². The maximum Gasteiger partial charge on any atom is 0.129 e. The first-order chi connectivity index (χ1) is 8.59. The van der Waals surface area contributed by atoms with Crippen LogP contribution in [0.1, 0.15) is 11.1 Å². The van der Waals surface area contributed by atoms with E-state index in [1.165, 1.54) is 12.1 Å². The Balaban J connectivity index is 2.19. The lowest BCUT2D eigenvalue weighted by molar-refractivity contribution is 0.612. The molecule has 1 N–H and O–H groups in total. The molecule has 0 atom stereocenters. The Hall–Kier alpha value is -1.61. The third-order valence-corrected chi connectivity index (χ3v) is 3.14. The van der Waals surface area contributed by atoms with Gasteiger partial charge in [-0.15, -0.1) is 0 Å². The average molecular weight is 268 g/mol. The summed E-state index contributed by atoms with van der Waals surface area (Å²) in [7, 11) is 0. The second kappa shape index (κ2) is 5.36. The fourth-order valence-electron chi connectivity index (χ4n) is 1.68. The van der Waals surface area contributed by atoms with E-state index in [0.717, 1.165) is 0 Å². The molecule has 0 heterocycles. The van der Waals surface area contributed by atoms with Gasteiger partial charge >= 0.3 is 0 Å². The van der Waals surface area contributed by atoms with E-state index in [1.807, 2.05) is 0 Å². The molecule has 0 bridgehead atoms. The molecule has 18 heavy (non-hydrogen) atoms. The SMILES string of the molecule is Cc1c(F)cccc1NCc1c(F)cccc1Cl. The molecule has 0 aliphatic rings. The van der Waals surface area contributed by atoms with Gasteiger partial charge in [0.1, 0.15) is 11.6 Å². The number of benzene rings is 2. The maximum absolute atomic E-state index is 13.5. The molecule has 94 valence electrons. The Morgan fingerprint density at radius 3 is 2.44 bits per heavy atom. The van der Waals surface area contributed by atoms with E-state index < -0.39 is 0 Å². The molecule has 0 aliphatic heterocycles. The van der Waals surface area contributed by atoms with Crippen molar-refractivity contribution in [2.24, 2.45) is 0 Å². The summed E-state index contributed by atoms with van der Waals surface area (Å²) in [6, 6.07) is 9.26. The van der Waals surface area contributed by atoms with E-state index in [0.29, 0.717) is 21.8 Å². The summed E-state index contributed by atoms with van der Waals surface area (Å²) in [5.41, 5.74) is 1.52. The summed E-state index contributed by atoms with van der Waals surface area (Å²) in [5, 5.41) is 3.35. The lowest BCUT2D eigenvalue weighted by Crippen LogP contribution is -2.04. The van der Waals surface area contributed by atoms with Crippen LogP contribution in [0.4, 0.5) is 14.5 Å². The number of halogens is 3. The first-order valence-corrected chi connectivity index (χ1v) is 5.89. The van der Waals surface area contributed by atoms with Gasteiger partial charge in [0.2, 0.25) is 0 Å². The molecular weight excluding hydrogens is 256 g/mol. The van der Waals surface area contributed by atoms with Gasteiger partial charge in [-0.3, -0.25) is 0 Å². The summed E-state index contributed by atoms with van der Waals surface area (Å²) >= 11 is 5.91. The van der Waals surface area contributed by atoms with Gasteiger partial charge in [0, 0.05) is 28.4 Å². The fourth-order valence-corrected chi connectivity index (χ4v) is 1.91. The molecule has 0 radical (unpaired) electrons. The lowest BCUT2D eigenvalue weighted by Gasteiger charge is -2.11. The van der Waals surface area contributed by atoms with Crippen LogP contribution in [0.2, 0.25) is 5.02 Å². The second-order valence-electron chi connectivity index (χ2n) is 3.97. The Bertz CT molecular complexity index is 549. The van der Waals surface area contributed by atoms with Crippen LogP contribution in [0.25, 0.3) is 0 Å². The van der Waals surface area contributed by atoms with Gasteiger partial charge in [-0.05, 0) is 31.2 Å².